The summed E-state index contributed by atoms with van der Waals surface area (Å²) in [6.45, 7) is 2.29. The lowest BCUT2D eigenvalue weighted by Gasteiger charge is -2.21. The van der Waals surface area contributed by atoms with Gasteiger partial charge in [-0.1, -0.05) is 294 Å². The molecule has 16 nitrogen and oxygen atoms in total. The van der Waals surface area contributed by atoms with Gasteiger partial charge in [0, 0.05) is 19.3 Å². The van der Waals surface area contributed by atoms with Crippen LogP contribution in [-0.4, -0.2) is 95.9 Å². The molecule has 4 N–H and O–H groups in total. The number of aliphatic hydroxyl groups is 2. The van der Waals surface area contributed by atoms with E-state index >= 15 is 0 Å². The molecule has 18 heteroatoms. The molecule has 0 aliphatic rings. The van der Waals surface area contributed by atoms with Crippen molar-refractivity contribution in [2.45, 2.75) is 309 Å². The highest BCUT2D eigenvalue weighted by atomic mass is 31.2. The van der Waals surface area contributed by atoms with Crippen molar-refractivity contribution in [3.63, 3.8) is 0 Å². The first-order valence-electron chi connectivity index (χ1n) is 39.4. The van der Waals surface area contributed by atoms with Gasteiger partial charge in [0.15, 0.2) is 6.10 Å². The highest BCUT2D eigenvalue weighted by Crippen LogP contribution is 2.45. The molecule has 0 amide bonds. The van der Waals surface area contributed by atoms with Gasteiger partial charge in [0.1, 0.15) is 25.4 Å². The number of carbonyl (C=O) groups excluding carboxylic acids is 3. The molecule has 0 rings (SSSR count). The predicted molar refractivity (Wildman–Crippen MR) is 426 cm³/mol. The van der Waals surface area contributed by atoms with Crippen LogP contribution < -0.4 is 0 Å². The van der Waals surface area contributed by atoms with Crippen LogP contribution in [0.1, 0.15) is 290 Å². The largest absolute Gasteiger partial charge is 0.472 e. The van der Waals surface area contributed by atoms with Crippen molar-refractivity contribution < 1.29 is 75.8 Å². The minimum atomic E-state index is -4.95. The zero-order valence-electron chi connectivity index (χ0n) is 63.9. The molecule has 586 valence electrons. The number of hydrogen-bond acceptors (Lipinski definition) is 14. The third-order valence-electron chi connectivity index (χ3n) is 15.9. The maximum absolute atomic E-state index is 13.0. The third-order valence-corrected chi connectivity index (χ3v) is 17.8. The quantitative estimate of drug-likeness (QED) is 0.0146. The molecule has 0 saturated carbocycles. The standard InChI is InChI=1S/C85H140O16P2/c1-4-7-10-13-16-19-22-25-28-31-33-35-37-39-41-43-45-48-50-53-56-59-62-65-68-71-83(88)95-74-80(86)75-97-102(91,92)98-76-81(87)77-99-103(93,94)100-79-82(101-85(90)73-70-67-64-61-58-55-52-47-30-27-24-21-18-15-12-9-6-3)78-96-84(89)72-69-66-63-60-57-54-51-49-46-44-42-40-38-36-34-32-29-26-23-20-17-14-11-8-5-2/h7-12,16-21,25-30,33-36,39-42,52,55,80-82,86-87H,4-6,13-15,22-24,31-32,37-38,43-51,53-54,56-79H2,1-3H3,(H,91,92)(H,93,94)/b10-7-,11-8-,12-9-,19-16-,20-17-,21-18-,28-25-,29-26-,30-27-,35-33-,36-34-,41-39-,42-40-,55-52-. The Morgan fingerprint density at radius 1 is 0.272 bits per heavy atom. The zero-order valence-corrected chi connectivity index (χ0v) is 65.7. The zero-order chi connectivity index (χ0) is 75.2. The SMILES string of the molecule is CC/C=C\C/C=C\C/C=C\C/C=C\C/C=C\CCCCCCCCCCCC(=O)OCC(O)COP(=O)(O)OCC(O)COP(=O)(O)OCC(COC(=O)CCCCCCCCCCC/C=C\C/C=C\C/C=C\C/C=C\C/C=C\CC)OC(=O)CCCCCC/C=C\C/C=C\C/C=C\C/C=C\CC. The lowest BCUT2D eigenvalue weighted by molar-refractivity contribution is -0.161. The second-order valence-corrected chi connectivity index (χ2v) is 28.6. The number of esters is 3. The lowest BCUT2D eigenvalue weighted by atomic mass is 10.1. The van der Waals surface area contributed by atoms with Crippen LogP contribution in [0.25, 0.3) is 0 Å². The number of rotatable bonds is 73. The van der Waals surface area contributed by atoms with Crippen molar-refractivity contribution in [1.29, 1.82) is 0 Å². The Morgan fingerprint density at radius 3 is 0.767 bits per heavy atom. The van der Waals surface area contributed by atoms with E-state index in [0.717, 1.165) is 180 Å². The first kappa shape index (κ1) is 97.9. The molecule has 0 bridgehead atoms. The van der Waals surface area contributed by atoms with Gasteiger partial charge in [-0.25, -0.2) is 9.13 Å². The molecular formula is C85H140O16P2. The topological polar surface area (TPSA) is 231 Å². The molecule has 0 radical (unpaired) electrons. The van der Waals surface area contributed by atoms with Gasteiger partial charge in [-0.15, -0.1) is 0 Å². The van der Waals surface area contributed by atoms with Gasteiger partial charge >= 0.3 is 33.6 Å². The van der Waals surface area contributed by atoms with Gasteiger partial charge in [-0.2, -0.15) is 0 Å². The minimum Gasteiger partial charge on any atom is -0.463 e. The van der Waals surface area contributed by atoms with E-state index in [9.17, 15) is 43.5 Å². The van der Waals surface area contributed by atoms with Crippen molar-refractivity contribution in [2.24, 2.45) is 0 Å². The predicted octanol–water partition coefficient (Wildman–Crippen LogP) is 23.2. The van der Waals surface area contributed by atoms with Gasteiger partial charge in [0.05, 0.1) is 26.4 Å². The Bertz CT molecular complexity index is 2550. The van der Waals surface area contributed by atoms with E-state index in [-0.39, 0.29) is 19.3 Å². The number of unbranched alkanes of at least 4 members (excludes halogenated alkanes) is 22. The summed E-state index contributed by atoms with van der Waals surface area (Å²) in [5.74, 6) is -1.62. The number of phosphoric ester groups is 2. The monoisotopic (exact) mass is 1480 g/mol. The Balaban J connectivity index is 4.67. The first-order valence-corrected chi connectivity index (χ1v) is 42.4. The summed E-state index contributed by atoms with van der Waals surface area (Å²) < 4.78 is 61.2. The summed E-state index contributed by atoms with van der Waals surface area (Å²) in [5, 5.41) is 20.6. The highest BCUT2D eigenvalue weighted by molar-refractivity contribution is 7.47. The van der Waals surface area contributed by atoms with Gasteiger partial charge in [0.25, 0.3) is 0 Å². The lowest BCUT2D eigenvalue weighted by Crippen LogP contribution is -2.30. The molecule has 5 atom stereocenters. The molecule has 0 aromatic heterocycles. The maximum Gasteiger partial charge on any atom is 0.472 e. The molecule has 0 aromatic rings. The molecule has 0 fully saturated rings. The molecule has 0 saturated heterocycles. The molecule has 0 heterocycles. The Labute approximate surface area is 624 Å². The average molecular weight is 1480 g/mol. The number of ether oxygens (including phenoxy) is 3. The molecular weight excluding hydrogens is 1340 g/mol. The fourth-order valence-corrected chi connectivity index (χ4v) is 11.6. The highest BCUT2D eigenvalue weighted by Gasteiger charge is 2.29. The van der Waals surface area contributed by atoms with Crippen LogP contribution in [0.2, 0.25) is 0 Å². The molecule has 0 aliphatic carbocycles. The van der Waals surface area contributed by atoms with E-state index in [0.29, 0.717) is 19.3 Å². The summed E-state index contributed by atoms with van der Waals surface area (Å²) >= 11 is 0. The fourth-order valence-electron chi connectivity index (χ4n) is 10.0. The fraction of sp³-hybridized carbons (Fsp3) is 0.635. The van der Waals surface area contributed by atoms with Gasteiger partial charge in [0.2, 0.25) is 0 Å². The number of aliphatic hydroxyl groups excluding tert-OH is 2. The number of allylic oxidation sites excluding steroid dienone is 28. The van der Waals surface area contributed by atoms with Crippen molar-refractivity contribution in [3.8, 4) is 0 Å². The molecule has 5 unspecified atom stereocenters. The molecule has 0 aliphatic heterocycles. The summed E-state index contributed by atoms with van der Waals surface area (Å²) in [6.07, 6.45) is 96.7. The molecule has 103 heavy (non-hydrogen) atoms. The summed E-state index contributed by atoms with van der Waals surface area (Å²) in [7, 11) is -9.81. The van der Waals surface area contributed by atoms with E-state index in [1.165, 1.54) is 51.4 Å². The second-order valence-electron chi connectivity index (χ2n) is 25.7. The van der Waals surface area contributed by atoms with Crippen molar-refractivity contribution in [1.82, 2.24) is 0 Å². The van der Waals surface area contributed by atoms with Crippen LogP contribution in [0.3, 0.4) is 0 Å². The number of carbonyl (C=O) groups is 3. The summed E-state index contributed by atoms with van der Waals surface area (Å²) in [6, 6.07) is 0. The third kappa shape index (κ3) is 77.8. The normalized spacial score (nSPS) is 14.9. The Hall–Kier alpha value is -5.09. The van der Waals surface area contributed by atoms with E-state index < -0.39 is 91.5 Å². The van der Waals surface area contributed by atoms with Crippen LogP contribution in [0, 0.1) is 0 Å². The van der Waals surface area contributed by atoms with Crippen molar-refractivity contribution in [2.75, 3.05) is 39.6 Å². The summed E-state index contributed by atoms with van der Waals surface area (Å²) in [5.41, 5.74) is 0. The van der Waals surface area contributed by atoms with E-state index in [4.69, 9.17) is 32.3 Å². The smallest absolute Gasteiger partial charge is 0.463 e. The second kappa shape index (κ2) is 76.6. The van der Waals surface area contributed by atoms with Crippen LogP contribution in [0.15, 0.2) is 170 Å². The van der Waals surface area contributed by atoms with Crippen molar-refractivity contribution in [3.05, 3.63) is 170 Å². The minimum absolute atomic E-state index is 0.0693. The average Bonchev–Trinajstić information content (AvgIpc) is 0.914. The van der Waals surface area contributed by atoms with Crippen LogP contribution in [-0.2, 0) is 55.8 Å². The van der Waals surface area contributed by atoms with Crippen LogP contribution in [0.4, 0.5) is 0 Å². The van der Waals surface area contributed by atoms with Gasteiger partial charge in [-0.05, 0) is 148 Å². The first-order chi connectivity index (χ1) is 50.2. The van der Waals surface area contributed by atoms with E-state index in [1.54, 1.807) is 0 Å². The number of hydrogen-bond donors (Lipinski definition) is 4. The van der Waals surface area contributed by atoms with Crippen LogP contribution >= 0.6 is 15.6 Å². The van der Waals surface area contributed by atoms with Crippen molar-refractivity contribution >= 4 is 33.6 Å². The van der Waals surface area contributed by atoms with E-state index in [1.807, 2.05) is 0 Å². The van der Waals surface area contributed by atoms with Crippen LogP contribution in [0.5, 0.6) is 0 Å². The molecule has 0 aromatic carbocycles. The maximum atomic E-state index is 13.0. The summed E-state index contributed by atoms with van der Waals surface area (Å²) in [4.78, 5) is 58.7. The Kier molecular flexibility index (Phi) is 72.8. The van der Waals surface area contributed by atoms with Gasteiger partial charge in [-0.3, -0.25) is 32.5 Å². The Morgan fingerprint density at radius 2 is 0.485 bits per heavy atom. The number of phosphoric acid groups is 2. The molecule has 0 spiro atoms. The van der Waals surface area contributed by atoms with Gasteiger partial charge < -0.3 is 34.2 Å². The van der Waals surface area contributed by atoms with E-state index in [2.05, 4.69) is 191 Å².